The van der Waals surface area contributed by atoms with E-state index in [9.17, 15) is 14.4 Å². The Hall–Kier alpha value is -2.68. The van der Waals surface area contributed by atoms with Gasteiger partial charge in [-0.3, -0.25) is 9.59 Å². The van der Waals surface area contributed by atoms with Crippen molar-refractivity contribution in [2.75, 3.05) is 19.0 Å². The molecule has 0 saturated heterocycles. The lowest BCUT2D eigenvalue weighted by Crippen LogP contribution is -2.27. The molecule has 0 saturated carbocycles. The standard InChI is InChI=1S/C15H17N3O5S/c1-4-23-14(21)12-9(2)16-15(24-12)17-11(19)8-18-7-5-6-10(22-3)13(18)20/h5-7H,4,8H2,1-3H3,(H,16,17,19). The van der Waals surface area contributed by atoms with Crippen LogP contribution in [-0.4, -0.2) is 35.1 Å². The smallest absolute Gasteiger partial charge is 0.350 e. The molecule has 128 valence electrons. The molecule has 0 aromatic carbocycles. The predicted octanol–water partition coefficient (Wildman–Crippen LogP) is 1.44. The topological polar surface area (TPSA) is 99.5 Å². The minimum Gasteiger partial charge on any atom is -0.491 e. The van der Waals surface area contributed by atoms with E-state index in [1.807, 2.05) is 0 Å². The van der Waals surface area contributed by atoms with Crippen molar-refractivity contribution in [3.8, 4) is 5.75 Å². The van der Waals surface area contributed by atoms with Gasteiger partial charge in [-0.15, -0.1) is 0 Å². The minimum absolute atomic E-state index is 0.153. The Balaban J connectivity index is 2.09. The molecule has 2 aromatic heterocycles. The molecule has 2 aromatic rings. The molecule has 2 rings (SSSR count). The highest BCUT2D eigenvalue weighted by molar-refractivity contribution is 7.17. The summed E-state index contributed by atoms with van der Waals surface area (Å²) < 4.78 is 11.1. The average Bonchev–Trinajstić information content (AvgIpc) is 2.90. The minimum atomic E-state index is -0.475. The van der Waals surface area contributed by atoms with E-state index in [0.29, 0.717) is 10.6 Å². The molecule has 0 aliphatic carbocycles. The number of carbonyl (C=O) groups excluding carboxylic acids is 2. The Bertz CT molecular complexity index is 812. The SMILES string of the molecule is CCOC(=O)c1sc(NC(=O)Cn2cccc(OC)c2=O)nc1C. The number of thiazole rings is 1. The van der Waals surface area contributed by atoms with Crippen LogP contribution >= 0.6 is 11.3 Å². The number of rotatable bonds is 6. The summed E-state index contributed by atoms with van der Waals surface area (Å²) in [6, 6.07) is 3.13. The zero-order valence-electron chi connectivity index (χ0n) is 13.5. The van der Waals surface area contributed by atoms with Gasteiger partial charge in [-0.25, -0.2) is 9.78 Å². The molecule has 24 heavy (non-hydrogen) atoms. The molecular formula is C15H17N3O5S. The van der Waals surface area contributed by atoms with E-state index in [4.69, 9.17) is 9.47 Å². The van der Waals surface area contributed by atoms with E-state index in [1.165, 1.54) is 23.9 Å². The number of nitrogens with zero attached hydrogens (tertiary/aromatic N) is 2. The molecule has 0 unspecified atom stereocenters. The normalized spacial score (nSPS) is 10.3. The Labute approximate surface area is 142 Å². The molecule has 0 bridgehead atoms. The molecule has 0 radical (unpaired) electrons. The number of aromatic nitrogens is 2. The quantitative estimate of drug-likeness (QED) is 0.791. The van der Waals surface area contributed by atoms with Gasteiger partial charge in [0.2, 0.25) is 5.91 Å². The van der Waals surface area contributed by atoms with E-state index < -0.39 is 17.4 Å². The van der Waals surface area contributed by atoms with Crippen LogP contribution in [0.15, 0.2) is 23.1 Å². The zero-order chi connectivity index (χ0) is 17.7. The van der Waals surface area contributed by atoms with Gasteiger partial charge in [-0.1, -0.05) is 11.3 Å². The van der Waals surface area contributed by atoms with Crippen molar-refractivity contribution in [3.63, 3.8) is 0 Å². The van der Waals surface area contributed by atoms with Crippen molar-refractivity contribution < 1.29 is 19.1 Å². The summed E-state index contributed by atoms with van der Waals surface area (Å²) in [4.78, 5) is 40.3. The van der Waals surface area contributed by atoms with Crippen LogP contribution in [0.25, 0.3) is 0 Å². The number of anilines is 1. The van der Waals surface area contributed by atoms with Crippen LogP contribution in [0.1, 0.15) is 22.3 Å². The third-order valence-electron chi connectivity index (χ3n) is 3.02. The summed E-state index contributed by atoms with van der Waals surface area (Å²) in [5.74, 6) is -0.758. The number of aryl methyl sites for hydroxylation is 1. The Morgan fingerprint density at radius 3 is 2.83 bits per heavy atom. The van der Waals surface area contributed by atoms with E-state index in [2.05, 4.69) is 10.3 Å². The summed E-state index contributed by atoms with van der Waals surface area (Å²) in [6.07, 6.45) is 1.49. The number of amides is 1. The number of hydrogen-bond acceptors (Lipinski definition) is 7. The van der Waals surface area contributed by atoms with E-state index in [1.54, 1.807) is 19.9 Å². The van der Waals surface area contributed by atoms with Crippen molar-refractivity contribution in [3.05, 3.63) is 39.3 Å². The Morgan fingerprint density at radius 1 is 1.42 bits per heavy atom. The number of nitrogens with one attached hydrogen (secondary N) is 1. The molecule has 0 aliphatic rings. The highest BCUT2D eigenvalue weighted by Gasteiger charge is 2.17. The van der Waals surface area contributed by atoms with Crippen LogP contribution in [0.3, 0.4) is 0 Å². The molecule has 1 amide bonds. The van der Waals surface area contributed by atoms with Gasteiger partial charge in [0.05, 0.1) is 19.4 Å². The van der Waals surface area contributed by atoms with Crippen molar-refractivity contribution in [2.45, 2.75) is 20.4 Å². The second-order valence-corrected chi connectivity index (χ2v) is 5.71. The summed E-state index contributed by atoms with van der Waals surface area (Å²) in [5.41, 5.74) is 0.0741. The molecule has 2 heterocycles. The van der Waals surface area contributed by atoms with Crippen molar-refractivity contribution in [2.24, 2.45) is 0 Å². The molecule has 1 N–H and O–H groups in total. The predicted molar refractivity (Wildman–Crippen MR) is 88.7 cm³/mol. The van der Waals surface area contributed by atoms with Crippen LogP contribution in [0, 0.1) is 6.92 Å². The Kier molecular flexibility index (Phi) is 5.69. The number of ether oxygens (including phenoxy) is 2. The maximum Gasteiger partial charge on any atom is 0.350 e. The van der Waals surface area contributed by atoms with Gasteiger partial charge in [0.15, 0.2) is 10.9 Å². The number of hydrogen-bond donors (Lipinski definition) is 1. The third kappa shape index (κ3) is 3.99. The summed E-state index contributed by atoms with van der Waals surface area (Å²) >= 11 is 1.03. The largest absolute Gasteiger partial charge is 0.491 e. The van der Waals surface area contributed by atoms with Gasteiger partial charge >= 0.3 is 5.97 Å². The highest BCUT2D eigenvalue weighted by Crippen LogP contribution is 2.23. The maximum absolute atomic E-state index is 12.1. The zero-order valence-corrected chi connectivity index (χ0v) is 14.3. The van der Waals surface area contributed by atoms with E-state index in [-0.39, 0.29) is 24.0 Å². The second kappa shape index (κ2) is 7.73. The molecular weight excluding hydrogens is 334 g/mol. The number of methoxy groups -OCH3 is 1. The van der Waals surface area contributed by atoms with Gasteiger partial charge in [-0.2, -0.15) is 0 Å². The fourth-order valence-electron chi connectivity index (χ4n) is 1.94. The van der Waals surface area contributed by atoms with Gasteiger partial charge in [0.25, 0.3) is 5.56 Å². The van der Waals surface area contributed by atoms with E-state index in [0.717, 1.165) is 11.3 Å². The number of pyridine rings is 1. The van der Waals surface area contributed by atoms with Crippen LogP contribution in [0.4, 0.5) is 5.13 Å². The fraction of sp³-hybridized carbons (Fsp3) is 0.333. The van der Waals surface area contributed by atoms with Crippen molar-refractivity contribution in [1.82, 2.24) is 9.55 Å². The first kappa shape index (κ1) is 17.7. The maximum atomic E-state index is 12.1. The van der Waals surface area contributed by atoms with Gasteiger partial charge < -0.3 is 19.4 Å². The van der Waals surface area contributed by atoms with Crippen molar-refractivity contribution >= 4 is 28.3 Å². The third-order valence-corrected chi connectivity index (χ3v) is 4.08. The lowest BCUT2D eigenvalue weighted by molar-refractivity contribution is -0.116. The molecule has 0 aliphatic heterocycles. The van der Waals surface area contributed by atoms with E-state index >= 15 is 0 Å². The van der Waals surface area contributed by atoms with Gasteiger partial charge in [-0.05, 0) is 26.0 Å². The van der Waals surface area contributed by atoms with Crippen LogP contribution in [0.5, 0.6) is 5.75 Å². The monoisotopic (exact) mass is 351 g/mol. The van der Waals surface area contributed by atoms with Crippen molar-refractivity contribution in [1.29, 1.82) is 0 Å². The number of esters is 1. The van der Waals surface area contributed by atoms with Crippen LogP contribution in [0.2, 0.25) is 0 Å². The Morgan fingerprint density at radius 2 is 2.17 bits per heavy atom. The number of carbonyl (C=O) groups is 2. The van der Waals surface area contributed by atoms with Gasteiger partial charge in [0, 0.05) is 6.20 Å². The average molecular weight is 351 g/mol. The summed E-state index contributed by atoms with van der Waals surface area (Å²) in [5, 5.41) is 2.85. The summed E-state index contributed by atoms with van der Waals surface area (Å²) in [6.45, 7) is 3.44. The first-order valence-corrected chi connectivity index (χ1v) is 7.95. The first-order chi connectivity index (χ1) is 11.5. The van der Waals surface area contributed by atoms with Crippen LogP contribution < -0.4 is 15.6 Å². The summed E-state index contributed by atoms with van der Waals surface area (Å²) in [7, 11) is 1.39. The molecule has 0 spiro atoms. The lowest BCUT2D eigenvalue weighted by Gasteiger charge is -2.06. The molecule has 0 atom stereocenters. The lowest BCUT2D eigenvalue weighted by atomic mass is 10.4. The second-order valence-electron chi connectivity index (χ2n) is 4.71. The van der Waals surface area contributed by atoms with Crippen LogP contribution in [-0.2, 0) is 16.1 Å². The fourth-order valence-corrected chi connectivity index (χ4v) is 2.82. The molecule has 0 fully saturated rings. The molecule has 9 heteroatoms. The first-order valence-electron chi connectivity index (χ1n) is 7.14. The molecule has 8 nitrogen and oxygen atoms in total. The van der Waals surface area contributed by atoms with Gasteiger partial charge in [0.1, 0.15) is 11.4 Å². The highest BCUT2D eigenvalue weighted by atomic mass is 32.1.